The van der Waals surface area contributed by atoms with Crippen LogP contribution in [0.25, 0.3) is 5.69 Å². The van der Waals surface area contributed by atoms with Gasteiger partial charge in [-0.1, -0.05) is 23.7 Å². The summed E-state index contributed by atoms with van der Waals surface area (Å²) in [6.07, 6.45) is 0.736. The van der Waals surface area contributed by atoms with Gasteiger partial charge in [-0.25, -0.2) is 0 Å². The minimum Gasteiger partial charge on any atom is -0.481 e. The maximum Gasteiger partial charge on any atom is 0.220 e. The summed E-state index contributed by atoms with van der Waals surface area (Å²) in [5.74, 6) is 0.700. The van der Waals surface area contributed by atoms with Crippen molar-refractivity contribution in [1.29, 1.82) is 0 Å². The fourth-order valence-electron chi connectivity index (χ4n) is 1.97. The molecule has 1 heterocycles. The molecule has 2 aromatic rings. The summed E-state index contributed by atoms with van der Waals surface area (Å²) in [7, 11) is 1.63. The zero-order valence-corrected chi connectivity index (χ0v) is 11.2. The molecule has 5 heteroatoms. The molecule has 0 fully saturated rings. The summed E-state index contributed by atoms with van der Waals surface area (Å²) in [5.41, 5.74) is 8.36. The third-order valence-corrected chi connectivity index (χ3v) is 3.13. The number of aryl methyl sites for hydroxylation is 1. The van der Waals surface area contributed by atoms with Gasteiger partial charge in [0.2, 0.25) is 5.88 Å². The molecule has 0 spiro atoms. The summed E-state index contributed by atoms with van der Waals surface area (Å²) in [5, 5.41) is 5.12. The normalized spacial score (nSPS) is 10.7. The highest BCUT2D eigenvalue weighted by molar-refractivity contribution is 6.32. The maximum absolute atomic E-state index is 6.19. The second-order valence-electron chi connectivity index (χ2n) is 3.98. The molecular weight excluding hydrogens is 250 g/mol. The van der Waals surface area contributed by atoms with E-state index in [1.54, 1.807) is 11.8 Å². The number of halogens is 1. The lowest BCUT2D eigenvalue weighted by atomic mass is 10.2. The molecule has 0 aliphatic carbocycles. The van der Waals surface area contributed by atoms with Crippen LogP contribution in [0.3, 0.4) is 0 Å². The molecule has 96 valence electrons. The predicted octanol–water partition coefficient (Wildman–Crippen LogP) is 2.34. The van der Waals surface area contributed by atoms with E-state index in [2.05, 4.69) is 5.10 Å². The summed E-state index contributed by atoms with van der Waals surface area (Å²) < 4.78 is 7.17. The molecule has 0 unspecified atom stereocenters. The van der Waals surface area contributed by atoms with Gasteiger partial charge in [0.15, 0.2) is 0 Å². The Hall–Kier alpha value is -1.52. The highest BCUT2D eigenvalue weighted by Crippen LogP contribution is 2.29. The number of aromatic nitrogens is 2. The monoisotopic (exact) mass is 265 g/mol. The van der Waals surface area contributed by atoms with Crippen molar-refractivity contribution in [3.05, 3.63) is 40.5 Å². The first-order valence-electron chi connectivity index (χ1n) is 5.76. The van der Waals surface area contributed by atoms with E-state index in [0.717, 1.165) is 23.4 Å². The van der Waals surface area contributed by atoms with Crippen LogP contribution in [0, 0.1) is 6.92 Å². The van der Waals surface area contributed by atoms with E-state index >= 15 is 0 Å². The van der Waals surface area contributed by atoms with Crippen LogP contribution in [-0.4, -0.2) is 23.4 Å². The van der Waals surface area contributed by atoms with Gasteiger partial charge < -0.3 is 10.5 Å². The van der Waals surface area contributed by atoms with Gasteiger partial charge >= 0.3 is 0 Å². The average Bonchev–Trinajstić information content (AvgIpc) is 2.67. The number of nitrogens with zero attached hydrogens (tertiary/aromatic N) is 2. The Morgan fingerprint density at radius 1 is 1.39 bits per heavy atom. The Morgan fingerprint density at radius 3 is 2.72 bits per heavy atom. The first kappa shape index (κ1) is 12.9. The average molecular weight is 266 g/mol. The number of benzene rings is 1. The van der Waals surface area contributed by atoms with E-state index in [4.69, 9.17) is 22.1 Å². The lowest BCUT2D eigenvalue weighted by Crippen LogP contribution is -2.05. The molecule has 0 saturated carbocycles. The minimum absolute atomic E-state index is 0.561. The quantitative estimate of drug-likeness (QED) is 0.923. The molecule has 2 N–H and O–H groups in total. The van der Waals surface area contributed by atoms with Crippen molar-refractivity contribution in [3.63, 3.8) is 0 Å². The zero-order valence-electron chi connectivity index (χ0n) is 10.5. The molecule has 1 aromatic heterocycles. The van der Waals surface area contributed by atoms with E-state index in [0.29, 0.717) is 17.4 Å². The molecule has 2 rings (SSSR count). The predicted molar refractivity (Wildman–Crippen MR) is 72.6 cm³/mol. The van der Waals surface area contributed by atoms with Gasteiger partial charge in [0.25, 0.3) is 0 Å². The maximum atomic E-state index is 6.19. The second kappa shape index (κ2) is 5.42. The Balaban J connectivity index is 2.58. The fraction of sp³-hybridized carbons (Fsp3) is 0.308. The summed E-state index contributed by atoms with van der Waals surface area (Å²) in [6.45, 7) is 2.51. The van der Waals surface area contributed by atoms with E-state index in [1.165, 1.54) is 0 Å². The number of rotatable bonds is 4. The Kier molecular flexibility index (Phi) is 3.89. The molecule has 0 amide bonds. The molecule has 0 aliphatic heterocycles. The number of methoxy groups -OCH3 is 1. The van der Waals surface area contributed by atoms with Gasteiger partial charge in [-0.05, 0) is 32.0 Å². The van der Waals surface area contributed by atoms with Crippen LogP contribution in [0.2, 0.25) is 5.02 Å². The highest BCUT2D eigenvalue weighted by atomic mass is 35.5. The first-order valence-corrected chi connectivity index (χ1v) is 6.14. The van der Waals surface area contributed by atoms with E-state index in [9.17, 15) is 0 Å². The minimum atomic E-state index is 0.561. The van der Waals surface area contributed by atoms with E-state index in [-0.39, 0.29) is 0 Å². The molecule has 0 radical (unpaired) electrons. The van der Waals surface area contributed by atoms with Crippen molar-refractivity contribution < 1.29 is 4.74 Å². The SMILES string of the molecule is COc1c(CCN)c(C)nn1-c1ccccc1Cl. The van der Waals surface area contributed by atoms with Gasteiger partial charge in [-0.15, -0.1) is 0 Å². The van der Waals surface area contributed by atoms with Gasteiger partial charge in [0.05, 0.1) is 23.5 Å². The van der Waals surface area contributed by atoms with Crippen molar-refractivity contribution >= 4 is 11.6 Å². The third kappa shape index (κ3) is 2.21. The largest absolute Gasteiger partial charge is 0.481 e. The second-order valence-corrected chi connectivity index (χ2v) is 4.38. The highest BCUT2D eigenvalue weighted by Gasteiger charge is 2.17. The van der Waals surface area contributed by atoms with Crippen LogP contribution in [0.15, 0.2) is 24.3 Å². The lowest BCUT2D eigenvalue weighted by Gasteiger charge is -2.09. The topological polar surface area (TPSA) is 53.1 Å². The van der Waals surface area contributed by atoms with E-state index in [1.807, 2.05) is 31.2 Å². The Bertz CT molecular complexity index is 551. The molecular formula is C13H16ClN3O. The van der Waals surface area contributed by atoms with Crippen molar-refractivity contribution in [2.24, 2.45) is 5.73 Å². The zero-order chi connectivity index (χ0) is 13.1. The van der Waals surface area contributed by atoms with Crippen LogP contribution >= 0.6 is 11.6 Å². The molecule has 0 aliphatic rings. The van der Waals surface area contributed by atoms with Crippen LogP contribution in [0.1, 0.15) is 11.3 Å². The van der Waals surface area contributed by atoms with Gasteiger partial charge in [0.1, 0.15) is 0 Å². The number of ether oxygens (including phenoxy) is 1. The standard InChI is InChI=1S/C13H16ClN3O/c1-9-10(7-8-15)13(18-2)17(16-9)12-6-4-3-5-11(12)14/h3-6H,7-8,15H2,1-2H3. The molecule has 0 saturated heterocycles. The summed E-state index contributed by atoms with van der Waals surface area (Å²) in [6, 6.07) is 7.54. The molecule has 4 nitrogen and oxygen atoms in total. The molecule has 18 heavy (non-hydrogen) atoms. The lowest BCUT2D eigenvalue weighted by molar-refractivity contribution is 0.379. The van der Waals surface area contributed by atoms with Gasteiger partial charge in [-0.3, -0.25) is 0 Å². The van der Waals surface area contributed by atoms with Crippen molar-refractivity contribution in [1.82, 2.24) is 9.78 Å². The van der Waals surface area contributed by atoms with E-state index < -0.39 is 0 Å². The van der Waals surface area contributed by atoms with Gasteiger partial charge in [0, 0.05) is 5.56 Å². The number of para-hydroxylation sites is 1. The molecule has 1 aromatic carbocycles. The van der Waals surface area contributed by atoms with Crippen molar-refractivity contribution in [2.75, 3.05) is 13.7 Å². The van der Waals surface area contributed by atoms with Crippen LogP contribution in [0.4, 0.5) is 0 Å². The molecule has 0 atom stereocenters. The van der Waals surface area contributed by atoms with Gasteiger partial charge in [-0.2, -0.15) is 9.78 Å². The van der Waals surface area contributed by atoms with Crippen LogP contribution in [-0.2, 0) is 6.42 Å². The summed E-state index contributed by atoms with van der Waals surface area (Å²) >= 11 is 6.19. The fourth-order valence-corrected chi connectivity index (χ4v) is 2.18. The Morgan fingerprint density at radius 2 is 2.11 bits per heavy atom. The van der Waals surface area contributed by atoms with Crippen molar-refractivity contribution in [2.45, 2.75) is 13.3 Å². The smallest absolute Gasteiger partial charge is 0.220 e. The first-order chi connectivity index (χ1) is 8.69. The number of nitrogens with two attached hydrogens (primary N) is 1. The summed E-state index contributed by atoms with van der Waals surface area (Å²) in [4.78, 5) is 0. The van der Waals surface area contributed by atoms with Crippen molar-refractivity contribution in [3.8, 4) is 11.6 Å². The number of hydrogen-bond acceptors (Lipinski definition) is 3. The van der Waals surface area contributed by atoms with Crippen LogP contribution in [0.5, 0.6) is 5.88 Å². The molecule has 0 bridgehead atoms. The Labute approximate surface area is 111 Å². The van der Waals surface area contributed by atoms with Crippen LogP contribution < -0.4 is 10.5 Å². The number of hydrogen-bond donors (Lipinski definition) is 1. The third-order valence-electron chi connectivity index (χ3n) is 2.81.